The minimum atomic E-state index is -4.00. The van der Waals surface area contributed by atoms with Crippen molar-refractivity contribution >= 4 is 27.5 Å². The Morgan fingerprint density at radius 3 is 2.48 bits per heavy atom. The molecule has 0 atom stereocenters. The van der Waals surface area contributed by atoms with E-state index in [2.05, 4.69) is 0 Å². The van der Waals surface area contributed by atoms with Gasteiger partial charge in [0.2, 0.25) is 5.91 Å². The first-order valence-corrected chi connectivity index (χ1v) is 8.58. The molecular formula is C16H13ClN2O3S. The van der Waals surface area contributed by atoms with Gasteiger partial charge in [-0.05, 0) is 30.2 Å². The Hall–Kier alpha value is -2.36. The van der Waals surface area contributed by atoms with Crippen molar-refractivity contribution in [2.75, 3.05) is 0 Å². The Kier molecular flexibility index (Phi) is 5.37. The predicted octanol–water partition coefficient (Wildman–Crippen LogP) is 2.65. The third-order valence-electron chi connectivity index (χ3n) is 3.10. The molecule has 0 saturated carbocycles. The van der Waals surface area contributed by atoms with Gasteiger partial charge in [0.1, 0.15) is 6.07 Å². The van der Waals surface area contributed by atoms with Crippen molar-refractivity contribution in [2.24, 2.45) is 0 Å². The maximum atomic E-state index is 12.1. The van der Waals surface area contributed by atoms with Crippen LogP contribution >= 0.6 is 11.6 Å². The van der Waals surface area contributed by atoms with Crippen molar-refractivity contribution in [3.63, 3.8) is 0 Å². The quantitative estimate of drug-likeness (QED) is 0.899. The number of nitrogens with zero attached hydrogens (tertiary/aromatic N) is 1. The zero-order chi connectivity index (χ0) is 16.9. The standard InChI is InChI=1S/C16H13ClN2O3S/c17-15-10-14(8-7-13(15)11-18)23(21,22)19-16(20)9-6-12-4-2-1-3-5-12/h1-5,7-8,10H,6,9H2,(H,19,20). The number of carbonyl (C=O) groups excluding carboxylic acids is 1. The highest BCUT2D eigenvalue weighted by Gasteiger charge is 2.18. The van der Waals surface area contributed by atoms with Gasteiger partial charge in [0.25, 0.3) is 10.0 Å². The van der Waals surface area contributed by atoms with E-state index in [1.54, 1.807) is 0 Å². The SMILES string of the molecule is N#Cc1ccc(S(=O)(=O)NC(=O)CCc2ccccc2)cc1Cl. The summed E-state index contributed by atoms with van der Waals surface area (Å²) in [4.78, 5) is 11.7. The second-order valence-electron chi connectivity index (χ2n) is 4.77. The van der Waals surface area contributed by atoms with Crippen LogP contribution in [-0.4, -0.2) is 14.3 Å². The van der Waals surface area contributed by atoms with Crippen LogP contribution in [-0.2, 0) is 21.2 Å². The van der Waals surface area contributed by atoms with E-state index in [0.29, 0.717) is 6.42 Å². The number of nitrogens with one attached hydrogen (secondary N) is 1. The summed E-state index contributed by atoms with van der Waals surface area (Å²) in [5.41, 5.74) is 1.11. The summed E-state index contributed by atoms with van der Waals surface area (Å²) in [6, 6.07) is 14.8. The third kappa shape index (κ3) is 4.55. The highest BCUT2D eigenvalue weighted by Crippen LogP contribution is 2.20. The summed E-state index contributed by atoms with van der Waals surface area (Å²) >= 11 is 5.81. The van der Waals surface area contributed by atoms with E-state index in [9.17, 15) is 13.2 Å². The van der Waals surface area contributed by atoms with Crippen molar-refractivity contribution < 1.29 is 13.2 Å². The fourth-order valence-electron chi connectivity index (χ4n) is 1.92. The minimum absolute atomic E-state index is 0.0205. The molecule has 0 aliphatic carbocycles. The molecule has 2 aromatic rings. The summed E-state index contributed by atoms with van der Waals surface area (Å²) in [6.07, 6.45) is 0.490. The zero-order valence-corrected chi connectivity index (χ0v) is 13.6. The summed E-state index contributed by atoms with van der Waals surface area (Å²) in [5.74, 6) is -0.602. The number of aryl methyl sites for hydroxylation is 1. The molecule has 23 heavy (non-hydrogen) atoms. The molecule has 0 unspecified atom stereocenters. The van der Waals surface area contributed by atoms with Crippen LogP contribution in [0.2, 0.25) is 5.02 Å². The van der Waals surface area contributed by atoms with Crippen LogP contribution in [0.3, 0.4) is 0 Å². The second kappa shape index (κ2) is 7.27. The lowest BCUT2D eigenvalue weighted by molar-refractivity contribution is -0.119. The monoisotopic (exact) mass is 348 g/mol. The number of rotatable bonds is 5. The van der Waals surface area contributed by atoms with E-state index in [1.807, 2.05) is 41.1 Å². The molecule has 0 heterocycles. The lowest BCUT2D eigenvalue weighted by Crippen LogP contribution is -2.30. The molecule has 0 aliphatic rings. The fourth-order valence-corrected chi connectivity index (χ4v) is 3.24. The van der Waals surface area contributed by atoms with Crippen LogP contribution in [0.25, 0.3) is 0 Å². The van der Waals surface area contributed by atoms with Gasteiger partial charge in [0.05, 0.1) is 15.5 Å². The van der Waals surface area contributed by atoms with Crippen molar-refractivity contribution in [2.45, 2.75) is 17.7 Å². The van der Waals surface area contributed by atoms with Crippen LogP contribution in [0.5, 0.6) is 0 Å². The molecule has 1 amide bonds. The Bertz CT molecular complexity index is 859. The van der Waals surface area contributed by atoms with E-state index in [-0.39, 0.29) is 21.9 Å². The summed E-state index contributed by atoms with van der Waals surface area (Å²) in [5, 5.41) is 8.80. The summed E-state index contributed by atoms with van der Waals surface area (Å²) < 4.78 is 26.3. The minimum Gasteiger partial charge on any atom is -0.274 e. The van der Waals surface area contributed by atoms with Gasteiger partial charge in [-0.3, -0.25) is 4.79 Å². The molecule has 5 nitrogen and oxygen atoms in total. The van der Waals surface area contributed by atoms with Crippen LogP contribution in [0.1, 0.15) is 17.5 Å². The van der Waals surface area contributed by atoms with Crippen molar-refractivity contribution in [1.29, 1.82) is 5.26 Å². The van der Waals surface area contributed by atoms with Gasteiger partial charge in [0, 0.05) is 6.42 Å². The van der Waals surface area contributed by atoms with Crippen LogP contribution in [0, 0.1) is 11.3 Å². The molecule has 7 heteroatoms. The lowest BCUT2D eigenvalue weighted by Gasteiger charge is -2.08. The average molecular weight is 349 g/mol. The van der Waals surface area contributed by atoms with Gasteiger partial charge >= 0.3 is 0 Å². The number of sulfonamides is 1. The highest BCUT2D eigenvalue weighted by molar-refractivity contribution is 7.90. The van der Waals surface area contributed by atoms with Gasteiger partial charge in [-0.2, -0.15) is 5.26 Å². The average Bonchev–Trinajstić information content (AvgIpc) is 2.53. The van der Waals surface area contributed by atoms with E-state index < -0.39 is 15.9 Å². The number of amides is 1. The molecule has 2 rings (SSSR count). The molecule has 1 N–H and O–H groups in total. The maximum absolute atomic E-state index is 12.1. The number of hydrogen-bond donors (Lipinski definition) is 1. The molecule has 118 valence electrons. The number of hydrogen-bond acceptors (Lipinski definition) is 4. The molecule has 2 aromatic carbocycles. The third-order valence-corrected chi connectivity index (χ3v) is 4.79. The van der Waals surface area contributed by atoms with Crippen LogP contribution < -0.4 is 4.72 Å². The van der Waals surface area contributed by atoms with Gasteiger partial charge in [-0.15, -0.1) is 0 Å². The van der Waals surface area contributed by atoms with Crippen molar-refractivity contribution in [3.05, 3.63) is 64.7 Å². The maximum Gasteiger partial charge on any atom is 0.264 e. The molecule has 0 spiro atoms. The van der Waals surface area contributed by atoms with E-state index in [4.69, 9.17) is 16.9 Å². The Balaban J connectivity index is 2.04. The van der Waals surface area contributed by atoms with Gasteiger partial charge in [-0.1, -0.05) is 41.9 Å². The second-order valence-corrected chi connectivity index (χ2v) is 6.86. The van der Waals surface area contributed by atoms with Gasteiger partial charge in [-0.25, -0.2) is 13.1 Å². The fraction of sp³-hybridized carbons (Fsp3) is 0.125. The van der Waals surface area contributed by atoms with E-state index in [0.717, 1.165) is 11.6 Å². The zero-order valence-electron chi connectivity index (χ0n) is 12.0. The number of halogens is 1. The number of carbonyl (C=O) groups is 1. The topological polar surface area (TPSA) is 87.0 Å². The molecule has 0 radical (unpaired) electrons. The molecule has 0 fully saturated rings. The molecule has 0 aromatic heterocycles. The number of benzene rings is 2. The van der Waals surface area contributed by atoms with Crippen molar-refractivity contribution in [1.82, 2.24) is 4.72 Å². The van der Waals surface area contributed by atoms with Crippen LogP contribution in [0.15, 0.2) is 53.4 Å². The largest absolute Gasteiger partial charge is 0.274 e. The normalized spacial score (nSPS) is 10.8. The van der Waals surface area contributed by atoms with E-state index in [1.165, 1.54) is 12.1 Å². The first-order valence-electron chi connectivity index (χ1n) is 6.71. The molecule has 0 aliphatic heterocycles. The Labute approximate surface area is 139 Å². The molecule has 0 bridgehead atoms. The first kappa shape index (κ1) is 17.0. The summed E-state index contributed by atoms with van der Waals surface area (Å²) in [6.45, 7) is 0. The van der Waals surface area contributed by atoms with E-state index >= 15 is 0 Å². The number of nitriles is 1. The molecule has 0 saturated heterocycles. The van der Waals surface area contributed by atoms with Gasteiger partial charge in [0.15, 0.2) is 0 Å². The Morgan fingerprint density at radius 1 is 1.17 bits per heavy atom. The summed E-state index contributed by atoms with van der Waals surface area (Å²) in [7, 11) is -4.00. The molecular weight excluding hydrogens is 336 g/mol. The van der Waals surface area contributed by atoms with Crippen LogP contribution in [0.4, 0.5) is 0 Å². The van der Waals surface area contributed by atoms with Gasteiger partial charge < -0.3 is 0 Å². The van der Waals surface area contributed by atoms with Crippen molar-refractivity contribution in [3.8, 4) is 6.07 Å². The smallest absolute Gasteiger partial charge is 0.264 e. The predicted molar refractivity (Wildman–Crippen MR) is 86.3 cm³/mol. The Morgan fingerprint density at radius 2 is 1.87 bits per heavy atom. The highest BCUT2D eigenvalue weighted by atomic mass is 35.5. The first-order chi connectivity index (χ1) is 10.9. The lowest BCUT2D eigenvalue weighted by atomic mass is 10.1.